The first-order chi connectivity index (χ1) is 15.4. The highest BCUT2D eigenvalue weighted by Gasteiger charge is 2.28. The molecule has 0 saturated carbocycles. The van der Waals surface area contributed by atoms with Crippen LogP contribution in [0.3, 0.4) is 0 Å². The second kappa shape index (κ2) is 9.61. The first-order valence-electron chi connectivity index (χ1n) is 11.1. The van der Waals surface area contributed by atoms with Crippen LogP contribution in [-0.4, -0.2) is 65.1 Å². The summed E-state index contributed by atoms with van der Waals surface area (Å²) in [5, 5.41) is 0. The van der Waals surface area contributed by atoms with Gasteiger partial charge in [-0.3, -0.25) is 19.3 Å². The van der Waals surface area contributed by atoms with Gasteiger partial charge in [-0.2, -0.15) is 0 Å². The number of rotatable bonds is 6. The third kappa shape index (κ3) is 4.72. The highest BCUT2D eigenvalue weighted by molar-refractivity contribution is 6.08. The predicted octanol–water partition coefficient (Wildman–Crippen LogP) is 3.44. The lowest BCUT2D eigenvalue weighted by atomic mass is 9.89. The van der Waals surface area contributed by atoms with Crippen molar-refractivity contribution in [1.29, 1.82) is 0 Å². The van der Waals surface area contributed by atoms with Gasteiger partial charge in [0, 0.05) is 56.3 Å². The van der Waals surface area contributed by atoms with Gasteiger partial charge in [-0.15, -0.1) is 0 Å². The fourth-order valence-electron chi connectivity index (χ4n) is 4.41. The maximum absolute atomic E-state index is 13.1. The summed E-state index contributed by atoms with van der Waals surface area (Å²) in [6.45, 7) is 3.41. The molecule has 6 nitrogen and oxygen atoms in total. The van der Waals surface area contributed by atoms with Crippen LogP contribution in [0, 0.1) is 11.7 Å². The molecule has 0 atom stereocenters. The molecule has 2 aliphatic rings. The number of carbonyl (C=O) groups is 3. The Morgan fingerprint density at radius 3 is 2.44 bits per heavy atom. The highest BCUT2D eigenvalue weighted by Crippen LogP contribution is 2.22. The van der Waals surface area contributed by atoms with E-state index >= 15 is 0 Å². The summed E-state index contributed by atoms with van der Waals surface area (Å²) >= 11 is 0. The Labute approximate surface area is 187 Å². The third-order valence-corrected chi connectivity index (χ3v) is 6.41. The molecule has 0 aliphatic carbocycles. The van der Waals surface area contributed by atoms with Crippen molar-refractivity contribution >= 4 is 17.5 Å². The molecule has 0 bridgehead atoms. The van der Waals surface area contributed by atoms with Crippen molar-refractivity contribution < 1.29 is 18.8 Å². The van der Waals surface area contributed by atoms with E-state index in [2.05, 4.69) is 11.0 Å². The van der Waals surface area contributed by atoms with Crippen LogP contribution in [-0.2, 0) is 6.54 Å². The van der Waals surface area contributed by atoms with E-state index in [4.69, 9.17) is 0 Å². The molecule has 1 saturated heterocycles. The number of piperidine rings is 1. The monoisotopic (exact) mass is 437 g/mol. The Balaban J connectivity index is 1.28. The van der Waals surface area contributed by atoms with Crippen molar-refractivity contribution in [3.63, 3.8) is 0 Å². The van der Waals surface area contributed by atoms with Crippen molar-refractivity contribution in [2.45, 2.75) is 25.8 Å². The third-order valence-electron chi connectivity index (χ3n) is 6.41. The van der Waals surface area contributed by atoms with Crippen LogP contribution >= 0.6 is 0 Å². The van der Waals surface area contributed by atoms with E-state index in [1.165, 1.54) is 12.1 Å². The molecule has 0 N–H and O–H groups in total. The molecule has 32 heavy (non-hydrogen) atoms. The van der Waals surface area contributed by atoms with Gasteiger partial charge in [0.25, 0.3) is 5.91 Å². The lowest BCUT2D eigenvalue weighted by Gasteiger charge is -2.30. The molecule has 0 unspecified atom stereocenters. The van der Waals surface area contributed by atoms with Crippen molar-refractivity contribution in [3.05, 3.63) is 71.3 Å². The number of Topliss-reactive ketones (excluding diaryl/α,β-unsaturated/α-hetero) is 2. The minimum atomic E-state index is -0.331. The predicted molar refractivity (Wildman–Crippen MR) is 119 cm³/mol. The number of fused-ring (bicyclic) bond motifs is 1. The summed E-state index contributed by atoms with van der Waals surface area (Å²) in [4.78, 5) is 41.4. The zero-order chi connectivity index (χ0) is 22.7. The van der Waals surface area contributed by atoms with Gasteiger partial charge in [-0.25, -0.2) is 4.39 Å². The summed E-state index contributed by atoms with van der Waals surface area (Å²) in [6, 6.07) is 7.53. The van der Waals surface area contributed by atoms with Crippen LogP contribution in [0.25, 0.3) is 0 Å². The first-order valence-corrected chi connectivity index (χ1v) is 11.1. The SMILES string of the molecule is CN1CCC(=O)c2ccn(C/C=C/CN3CCC(C(=O)c4ccc(F)cc4)CC3)c2C1=O. The summed E-state index contributed by atoms with van der Waals surface area (Å²) < 4.78 is 14.9. The van der Waals surface area contributed by atoms with Gasteiger partial charge in [0.15, 0.2) is 11.6 Å². The Morgan fingerprint density at radius 2 is 1.72 bits per heavy atom. The van der Waals surface area contributed by atoms with Crippen LogP contribution < -0.4 is 0 Å². The Morgan fingerprint density at radius 1 is 1.03 bits per heavy atom. The van der Waals surface area contributed by atoms with E-state index in [0.29, 0.717) is 36.3 Å². The number of ketones is 2. The van der Waals surface area contributed by atoms with Gasteiger partial charge in [0.05, 0.1) is 0 Å². The lowest BCUT2D eigenvalue weighted by molar-refractivity contribution is 0.0787. The second-order valence-electron chi connectivity index (χ2n) is 8.55. The van der Waals surface area contributed by atoms with E-state index in [0.717, 1.165) is 32.5 Å². The van der Waals surface area contributed by atoms with Gasteiger partial charge < -0.3 is 9.47 Å². The number of nitrogens with zero attached hydrogens (tertiary/aromatic N) is 3. The van der Waals surface area contributed by atoms with Crippen molar-refractivity contribution in [1.82, 2.24) is 14.4 Å². The Bertz CT molecular complexity index is 1030. The van der Waals surface area contributed by atoms with Crippen LogP contribution in [0.15, 0.2) is 48.7 Å². The van der Waals surface area contributed by atoms with Crippen molar-refractivity contribution in [2.24, 2.45) is 5.92 Å². The van der Waals surface area contributed by atoms with E-state index in [1.54, 1.807) is 36.3 Å². The van der Waals surface area contributed by atoms with Crippen LogP contribution in [0.2, 0.25) is 0 Å². The minimum absolute atomic E-state index is 0.0125. The lowest BCUT2D eigenvalue weighted by Crippen LogP contribution is -2.36. The van der Waals surface area contributed by atoms with E-state index < -0.39 is 0 Å². The van der Waals surface area contributed by atoms with Gasteiger partial charge in [-0.1, -0.05) is 12.2 Å². The van der Waals surface area contributed by atoms with Crippen molar-refractivity contribution in [2.75, 3.05) is 33.2 Å². The van der Waals surface area contributed by atoms with Crippen LogP contribution in [0.1, 0.15) is 50.5 Å². The largest absolute Gasteiger partial charge is 0.340 e. The average Bonchev–Trinajstić information content (AvgIpc) is 3.19. The van der Waals surface area contributed by atoms with Gasteiger partial charge >= 0.3 is 0 Å². The molecule has 1 fully saturated rings. The summed E-state index contributed by atoms with van der Waals surface area (Å²) in [5.74, 6) is -0.355. The number of carbonyl (C=O) groups excluding carboxylic acids is 3. The number of halogens is 1. The zero-order valence-corrected chi connectivity index (χ0v) is 18.3. The molecule has 7 heteroatoms. The minimum Gasteiger partial charge on any atom is -0.340 e. The number of benzene rings is 1. The highest BCUT2D eigenvalue weighted by atomic mass is 19.1. The molecule has 2 aliphatic heterocycles. The molecule has 4 rings (SSSR count). The zero-order valence-electron chi connectivity index (χ0n) is 18.3. The molecule has 3 heterocycles. The molecule has 1 aromatic heterocycles. The van der Waals surface area contributed by atoms with Crippen molar-refractivity contribution in [3.8, 4) is 0 Å². The fourth-order valence-corrected chi connectivity index (χ4v) is 4.41. The van der Waals surface area contributed by atoms with Gasteiger partial charge in [0.2, 0.25) is 0 Å². The topological polar surface area (TPSA) is 62.6 Å². The van der Waals surface area contributed by atoms with E-state index in [-0.39, 0.29) is 29.2 Å². The maximum atomic E-state index is 13.1. The number of amides is 1. The number of allylic oxidation sites excluding steroid dienone is 1. The second-order valence-corrected chi connectivity index (χ2v) is 8.55. The number of likely N-dealkylation sites (tertiary alicyclic amines) is 1. The number of hydrogen-bond donors (Lipinski definition) is 0. The van der Waals surface area contributed by atoms with Crippen LogP contribution in [0.4, 0.5) is 4.39 Å². The molecule has 1 amide bonds. The smallest absolute Gasteiger partial charge is 0.270 e. The Hall–Kier alpha value is -3.06. The van der Waals surface area contributed by atoms with Gasteiger partial charge in [0.1, 0.15) is 11.5 Å². The molecule has 2 aromatic rings. The molecule has 0 radical (unpaired) electrons. The average molecular weight is 438 g/mol. The molecule has 168 valence electrons. The summed E-state index contributed by atoms with van der Waals surface area (Å²) in [6.07, 6.45) is 7.82. The quantitative estimate of drug-likeness (QED) is 0.513. The molecular formula is C25H28FN3O3. The van der Waals surface area contributed by atoms with E-state index in [9.17, 15) is 18.8 Å². The maximum Gasteiger partial charge on any atom is 0.270 e. The number of hydrogen-bond acceptors (Lipinski definition) is 4. The number of aromatic nitrogens is 1. The summed E-state index contributed by atoms with van der Waals surface area (Å²) in [5.41, 5.74) is 1.56. The first kappa shape index (κ1) is 22.1. The molecule has 0 spiro atoms. The molecular weight excluding hydrogens is 409 g/mol. The van der Waals surface area contributed by atoms with Crippen LogP contribution in [0.5, 0.6) is 0 Å². The standard InChI is InChI=1S/C25H28FN3O3/c1-27-14-11-22(30)21-10-17-29(23(21)25(27)32)13-3-2-12-28-15-8-19(9-16-28)24(31)18-4-6-20(26)7-5-18/h2-7,10,17,19H,8-9,11-16H2,1H3/b3-2+. The Kier molecular flexibility index (Phi) is 6.65. The fraction of sp³-hybridized carbons (Fsp3) is 0.400. The van der Waals surface area contributed by atoms with E-state index in [1.807, 2.05) is 10.6 Å². The van der Waals surface area contributed by atoms with Gasteiger partial charge in [-0.05, 0) is 56.3 Å². The normalized spacial score (nSPS) is 18.2. The molecule has 1 aromatic carbocycles. The summed E-state index contributed by atoms with van der Waals surface area (Å²) in [7, 11) is 1.72.